The summed E-state index contributed by atoms with van der Waals surface area (Å²) in [6, 6.07) is 5.98. The zero-order chi connectivity index (χ0) is 7.94. The summed E-state index contributed by atoms with van der Waals surface area (Å²) >= 11 is 0. The van der Waals surface area contributed by atoms with Crippen molar-refractivity contribution in [2.45, 2.75) is 12.8 Å². The van der Waals surface area contributed by atoms with Gasteiger partial charge in [-0.2, -0.15) is 0 Å². The molecular formula is C10H12N. The van der Waals surface area contributed by atoms with Gasteiger partial charge in [-0.1, -0.05) is 6.07 Å². The van der Waals surface area contributed by atoms with Gasteiger partial charge >= 0.3 is 0 Å². The Balaban J connectivity index is 2.28. The molecule has 0 saturated heterocycles. The minimum Gasteiger partial charge on any atom is -0.261 e. The summed E-state index contributed by atoms with van der Waals surface area (Å²) in [5, 5.41) is 0. The van der Waals surface area contributed by atoms with Crippen LogP contribution in [0.25, 0.3) is 0 Å². The van der Waals surface area contributed by atoms with E-state index in [2.05, 4.69) is 18.3 Å². The molecule has 0 unspecified atom stereocenters. The summed E-state index contributed by atoms with van der Waals surface area (Å²) in [6.45, 7) is 3.62. The maximum atomic E-state index is 4.20. The summed E-state index contributed by atoms with van der Waals surface area (Å²) in [6.07, 6.45) is 7.73. The van der Waals surface area contributed by atoms with Crippen molar-refractivity contribution < 1.29 is 0 Å². The van der Waals surface area contributed by atoms with E-state index >= 15 is 0 Å². The molecule has 0 spiro atoms. The number of aryl methyl sites for hydroxylation is 1. The molecule has 0 amide bonds. The van der Waals surface area contributed by atoms with Crippen LogP contribution < -0.4 is 0 Å². The van der Waals surface area contributed by atoms with E-state index in [-0.39, 0.29) is 0 Å². The van der Waals surface area contributed by atoms with Crippen molar-refractivity contribution >= 4 is 0 Å². The van der Waals surface area contributed by atoms with Crippen molar-refractivity contribution in [3.63, 3.8) is 0 Å². The number of nitrogens with zero attached hydrogens (tertiary/aromatic N) is 1. The first-order valence-corrected chi connectivity index (χ1v) is 3.77. The number of aromatic nitrogens is 1. The molecule has 0 aliphatic rings. The summed E-state index contributed by atoms with van der Waals surface area (Å²) in [7, 11) is 0. The Bertz CT molecular complexity index is 181. The lowest BCUT2D eigenvalue weighted by molar-refractivity contribution is 0.905. The Hall–Kier alpha value is -0.850. The molecule has 0 bridgehead atoms. The third-order valence-corrected chi connectivity index (χ3v) is 1.46. The monoisotopic (exact) mass is 146 g/mol. The predicted octanol–water partition coefficient (Wildman–Crippen LogP) is 2.26. The average molecular weight is 146 g/mol. The molecule has 0 N–H and O–H groups in total. The first kappa shape index (κ1) is 8.25. The second-order valence-corrected chi connectivity index (χ2v) is 2.33. The van der Waals surface area contributed by atoms with E-state index in [0.717, 1.165) is 18.5 Å². The van der Waals surface area contributed by atoms with E-state index in [0.29, 0.717) is 0 Å². The molecule has 3 radical (unpaired) electrons. The average Bonchev–Trinajstić information content (AvgIpc) is 2.07. The first-order chi connectivity index (χ1) is 5.43. The van der Waals surface area contributed by atoms with Gasteiger partial charge in [-0.15, -0.1) is 0 Å². The Morgan fingerprint density at radius 1 is 1.45 bits per heavy atom. The maximum Gasteiger partial charge on any atom is 0.0403 e. The third kappa shape index (κ3) is 3.17. The fraction of sp³-hybridized carbons (Fsp3) is 0.200. The highest BCUT2D eigenvalue weighted by atomic mass is 14.7. The van der Waals surface area contributed by atoms with Crippen molar-refractivity contribution in [1.29, 1.82) is 0 Å². The van der Waals surface area contributed by atoms with Gasteiger partial charge in [0, 0.05) is 11.9 Å². The van der Waals surface area contributed by atoms with E-state index in [1.165, 1.54) is 0 Å². The van der Waals surface area contributed by atoms with Gasteiger partial charge in [0.25, 0.3) is 0 Å². The lowest BCUT2D eigenvalue weighted by Crippen LogP contribution is -1.88. The van der Waals surface area contributed by atoms with Crippen molar-refractivity contribution in [1.82, 2.24) is 4.98 Å². The molecule has 1 heteroatoms. The molecular weight excluding hydrogens is 134 g/mol. The highest BCUT2D eigenvalue weighted by Gasteiger charge is 1.91. The molecule has 0 saturated carbocycles. The van der Waals surface area contributed by atoms with Crippen LogP contribution >= 0.6 is 0 Å². The lowest BCUT2D eigenvalue weighted by atomic mass is 10.1. The number of hydrogen-bond donors (Lipinski definition) is 0. The standard InChI is InChI=1S/C10H12N/c1-2-3-4-7-10-8-5-6-9-11-10/h2-3,5-6,8-9H,1,4,7H2. The highest BCUT2D eigenvalue weighted by Crippen LogP contribution is 2.00. The normalized spacial score (nSPS) is 9.91. The van der Waals surface area contributed by atoms with Gasteiger partial charge in [-0.05, 0) is 44.7 Å². The minimum absolute atomic E-state index is 1.01. The molecule has 0 atom stereocenters. The molecule has 1 heterocycles. The largest absolute Gasteiger partial charge is 0.261 e. The summed E-state index contributed by atoms with van der Waals surface area (Å²) in [4.78, 5) is 4.20. The Labute approximate surface area is 68.5 Å². The molecule has 0 aliphatic carbocycles. The molecule has 11 heavy (non-hydrogen) atoms. The molecule has 0 aromatic carbocycles. The second kappa shape index (κ2) is 4.89. The Morgan fingerprint density at radius 2 is 2.36 bits per heavy atom. The van der Waals surface area contributed by atoms with E-state index in [4.69, 9.17) is 0 Å². The zero-order valence-corrected chi connectivity index (χ0v) is 6.53. The lowest BCUT2D eigenvalue weighted by Gasteiger charge is -1.96. The number of rotatable bonds is 4. The molecule has 1 nitrogen and oxygen atoms in total. The number of unbranched alkanes of at least 4 members (excludes halogenated alkanes) is 2. The molecule has 1 aromatic rings. The van der Waals surface area contributed by atoms with Crippen LogP contribution in [0.4, 0.5) is 0 Å². The zero-order valence-electron chi connectivity index (χ0n) is 6.53. The smallest absolute Gasteiger partial charge is 0.0403 e. The van der Waals surface area contributed by atoms with Gasteiger partial charge in [0.1, 0.15) is 0 Å². The van der Waals surface area contributed by atoms with Crippen molar-refractivity contribution in [3.8, 4) is 0 Å². The number of hydrogen-bond acceptors (Lipinski definition) is 1. The van der Waals surface area contributed by atoms with E-state index in [1.54, 1.807) is 0 Å². The van der Waals surface area contributed by atoms with Crippen molar-refractivity contribution in [3.05, 3.63) is 49.9 Å². The highest BCUT2D eigenvalue weighted by molar-refractivity contribution is 5.04. The fourth-order valence-corrected chi connectivity index (χ4v) is 0.895. The van der Waals surface area contributed by atoms with Gasteiger partial charge in [0.05, 0.1) is 0 Å². The van der Waals surface area contributed by atoms with Crippen LogP contribution in [0, 0.1) is 19.8 Å². The van der Waals surface area contributed by atoms with Crippen LogP contribution in [0.5, 0.6) is 0 Å². The summed E-state index contributed by atoms with van der Waals surface area (Å²) in [5.74, 6) is 0. The van der Waals surface area contributed by atoms with E-state index in [1.807, 2.05) is 30.8 Å². The Morgan fingerprint density at radius 3 is 3.00 bits per heavy atom. The van der Waals surface area contributed by atoms with Gasteiger partial charge in [0.2, 0.25) is 0 Å². The van der Waals surface area contributed by atoms with Crippen LogP contribution in [-0.4, -0.2) is 4.98 Å². The van der Waals surface area contributed by atoms with Crippen LogP contribution in [0.15, 0.2) is 24.4 Å². The summed E-state index contributed by atoms with van der Waals surface area (Å²) in [5.41, 5.74) is 1.14. The first-order valence-electron chi connectivity index (χ1n) is 3.77. The van der Waals surface area contributed by atoms with Gasteiger partial charge in [0.15, 0.2) is 0 Å². The number of pyridine rings is 1. The van der Waals surface area contributed by atoms with Gasteiger partial charge in [-0.25, -0.2) is 0 Å². The molecule has 57 valence electrons. The second-order valence-electron chi connectivity index (χ2n) is 2.33. The van der Waals surface area contributed by atoms with Gasteiger partial charge < -0.3 is 0 Å². The van der Waals surface area contributed by atoms with Crippen LogP contribution in [0.3, 0.4) is 0 Å². The maximum absolute atomic E-state index is 4.20. The van der Waals surface area contributed by atoms with E-state index < -0.39 is 0 Å². The third-order valence-electron chi connectivity index (χ3n) is 1.46. The topological polar surface area (TPSA) is 12.9 Å². The minimum atomic E-state index is 1.01. The van der Waals surface area contributed by atoms with E-state index in [9.17, 15) is 0 Å². The predicted molar refractivity (Wildman–Crippen MR) is 46.5 cm³/mol. The molecule has 0 aliphatic heterocycles. The summed E-state index contributed by atoms with van der Waals surface area (Å²) < 4.78 is 0. The van der Waals surface area contributed by atoms with Gasteiger partial charge in [-0.3, -0.25) is 4.98 Å². The molecule has 1 aromatic heterocycles. The molecule has 1 rings (SSSR count). The van der Waals surface area contributed by atoms with Crippen molar-refractivity contribution in [2.24, 2.45) is 0 Å². The van der Waals surface area contributed by atoms with Crippen molar-refractivity contribution in [2.75, 3.05) is 0 Å². The van der Waals surface area contributed by atoms with Crippen LogP contribution in [-0.2, 0) is 6.42 Å². The Kier molecular flexibility index (Phi) is 3.67. The molecule has 0 fully saturated rings. The van der Waals surface area contributed by atoms with Crippen LogP contribution in [0.2, 0.25) is 0 Å². The quantitative estimate of drug-likeness (QED) is 0.594. The van der Waals surface area contributed by atoms with Crippen LogP contribution in [0.1, 0.15) is 12.1 Å². The SMILES string of the molecule is [CH2][CH][CH]CCc1ccccn1. The fourth-order valence-electron chi connectivity index (χ4n) is 0.895.